The van der Waals surface area contributed by atoms with Crippen LogP contribution in [0, 0.1) is 0 Å². The number of nitrogens with two attached hydrogens (primary N) is 1. The summed E-state index contributed by atoms with van der Waals surface area (Å²) >= 11 is 0. The Balaban J connectivity index is 2.42. The molecule has 1 unspecified atom stereocenters. The van der Waals surface area contributed by atoms with Gasteiger partial charge in [-0.3, -0.25) is 0 Å². The lowest BCUT2D eigenvalue weighted by Gasteiger charge is -2.12. The SMILES string of the molecule is COCC(C)NC(N)=NCc1cncn1C. The third-order valence-electron chi connectivity index (χ3n) is 2.14. The number of ether oxygens (including phenoxy) is 1. The minimum absolute atomic E-state index is 0.153. The molecule has 0 aliphatic rings. The number of methoxy groups -OCH3 is 1. The Morgan fingerprint density at radius 3 is 3.06 bits per heavy atom. The van der Waals surface area contributed by atoms with Crippen molar-refractivity contribution in [2.24, 2.45) is 17.8 Å². The van der Waals surface area contributed by atoms with Crippen molar-refractivity contribution in [1.29, 1.82) is 0 Å². The first-order chi connectivity index (χ1) is 7.63. The molecule has 0 spiro atoms. The van der Waals surface area contributed by atoms with Gasteiger partial charge >= 0.3 is 0 Å². The molecule has 0 amide bonds. The van der Waals surface area contributed by atoms with Gasteiger partial charge in [0.25, 0.3) is 0 Å². The molecule has 1 aromatic heterocycles. The van der Waals surface area contributed by atoms with Crippen molar-refractivity contribution in [1.82, 2.24) is 14.9 Å². The summed E-state index contributed by atoms with van der Waals surface area (Å²) in [7, 11) is 3.58. The lowest BCUT2D eigenvalue weighted by molar-refractivity contribution is 0.179. The smallest absolute Gasteiger partial charge is 0.189 e. The zero-order valence-electron chi connectivity index (χ0n) is 9.97. The first-order valence-electron chi connectivity index (χ1n) is 5.14. The van der Waals surface area contributed by atoms with E-state index in [1.54, 1.807) is 19.6 Å². The fraction of sp³-hybridized carbons (Fsp3) is 0.600. The number of rotatable bonds is 5. The van der Waals surface area contributed by atoms with Crippen LogP contribution in [0.2, 0.25) is 0 Å². The summed E-state index contributed by atoms with van der Waals surface area (Å²) in [5.74, 6) is 0.422. The van der Waals surface area contributed by atoms with Gasteiger partial charge < -0.3 is 20.4 Å². The molecular formula is C10H19N5O. The van der Waals surface area contributed by atoms with E-state index in [2.05, 4.69) is 15.3 Å². The van der Waals surface area contributed by atoms with E-state index in [1.807, 2.05) is 18.5 Å². The van der Waals surface area contributed by atoms with Crippen LogP contribution in [0.3, 0.4) is 0 Å². The van der Waals surface area contributed by atoms with E-state index in [9.17, 15) is 0 Å². The molecule has 90 valence electrons. The zero-order valence-corrected chi connectivity index (χ0v) is 9.97. The monoisotopic (exact) mass is 225 g/mol. The van der Waals surface area contributed by atoms with Crippen LogP contribution in [-0.4, -0.2) is 35.3 Å². The summed E-state index contributed by atoms with van der Waals surface area (Å²) in [4.78, 5) is 8.22. The maximum absolute atomic E-state index is 5.73. The van der Waals surface area contributed by atoms with Gasteiger partial charge in [-0.2, -0.15) is 0 Å². The number of nitrogens with one attached hydrogen (secondary N) is 1. The Morgan fingerprint density at radius 1 is 1.75 bits per heavy atom. The topological polar surface area (TPSA) is 77.5 Å². The number of guanidine groups is 1. The molecule has 0 aliphatic heterocycles. The quantitative estimate of drug-likeness (QED) is 0.540. The average molecular weight is 225 g/mol. The second-order valence-corrected chi connectivity index (χ2v) is 3.70. The van der Waals surface area contributed by atoms with E-state index < -0.39 is 0 Å². The van der Waals surface area contributed by atoms with Crippen molar-refractivity contribution in [3.05, 3.63) is 18.2 Å². The minimum atomic E-state index is 0.153. The molecular weight excluding hydrogens is 206 g/mol. The second kappa shape index (κ2) is 6.12. The molecule has 1 atom stereocenters. The van der Waals surface area contributed by atoms with Gasteiger partial charge in [0, 0.05) is 20.2 Å². The molecule has 6 nitrogen and oxygen atoms in total. The van der Waals surface area contributed by atoms with E-state index in [1.165, 1.54) is 0 Å². The van der Waals surface area contributed by atoms with E-state index >= 15 is 0 Å². The highest BCUT2D eigenvalue weighted by Gasteiger charge is 2.02. The summed E-state index contributed by atoms with van der Waals surface area (Å²) in [6, 6.07) is 0.153. The Kier molecular flexibility index (Phi) is 4.78. The molecule has 1 heterocycles. The maximum Gasteiger partial charge on any atom is 0.189 e. The van der Waals surface area contributed by atoms with E-state index in [4.69, 9.17) is 10.5 Å². The molecule has 1 rings (SSSR count). The standard InChI is InChI=1S/C10H19N5O/c1-8(6-16-3)14-10(11)13-5-9-4-12-7-15(9)2/h4,7-8H,5-6H2,1-3H3,(H3,11,13,14). The Bertz CT molecular complexity index is 347. The minimum Gasteiger partial charge on any atom is -0.383 e. The molecule has 0 saturated heterocycles. The molecule has 6 heteroatoms. The van der Waals surface area contributed by atoms with Crippen LogP contribution in [0.15, 0.2) is 17.5 Å². The summed E-state index contributed by atoms with van der Waals surface area (Å²) in [5, 5.41) is 3.04. The van der Waals surface area contributed by atoms with Crippen molar-refractivity contribution in [2.75, 3.05) is 13.7 Å². The number of nitrogens with zero attached hydrogens (tertiary/aromatic N) is 3. The highest BCUT2D eigenvalue weighted by Crippen LogP contribution is 1.97. The van der Waals surface area contributed by atoms with Gasteiger partial charge in [0.1, 0.15) is 0 Å². The maximum atomic E-state index is 5.73. The average Bonchev–Trinajstić information content (AvgIpc) is 2.61. The summed E-state index contributed by atoms with van der Waals surface area (Å²) in [6.07, 6.45) is 3.51. The number of hydrogen-bond acceptors (Lipinski definition) is 3. The fourth-order valence-electron chi connectivity index (χ4n) is 1.29. The van der Waals surface area contributed by atoms with Crippen molar-refractivity contribution in [3.63, 3.8) is 0 Å². The van der Waals surface area contributed by atoms with Crippen LogP contribution in [0.4, 0.5) is 0 Å². The number of hydrogen-bond donors (Lipinski definition) is 2. The molecule has 3 N–H and O–H groups in total. The van der Waals surface area contributed by atoms with Crippen molar-refractivity contribution in [2.45, 2.75) is 19.5 Å². The highest BCUT2D eigenvalue weighted by molar-refractivity contribution is 5.78. The van der Waals surface area contributed by atoms with Gasteiger partial charge in [0.2, 0.25) is 0 Å². The molecule has 0 aromatic carbocycles. The zero-order chi connectivity index (χ0) is 12.0. The lowest BCUT2D eigenvalue weighted by Crippen LogP contribution is -2.40. The number of aromatic nitrogens is 2. The highest BCUT2D eigenvalue weighted by atomic mass is 16.5. The van der Waals surface area contributed by atoms with Crippen LogP contribution >= 0.6 is 0 Å². The largest absolute Gasteiger partial charge is 0.383 e. The fourth-order valence-corrected chi connectivity index (χ4v) is 1.29. The molecule has 0 fully saturated rings. The molecule has 1 aromatic rings. The first kappa shape index (κ1) is 12.5. The first-order valence-corrected chi connectivity index (χ1v) is 5.14. The number of imidazole rings is 1. The lowest BCUT2D eigenvalue weighted by atomic mass is 10.4. The van der Waals surface area contributed by atoms with Crippen molar-refractivity contribution < 1.29 is 4.74 Å². The van der Waals surface area contributed by atoms with Gasteiger partial charge in [-0.05, 0) is 6.92 Å². The summed E-state index contributed by atoms with van der Waals surface area (Å²) in [6.45, 7) is 3.10. The van der Waals surface area contributed by atoms with Crippen LogP contribution < -0.4 is 11.1 Å². The molecule has 0 bridgehead atoms. The molecule has 0 radical (unpaired) electrons. The Hall–Kier alpha value is -1.56. The van der Waals surface area contributed by atoms with Gasteiger partial charge in [-0.1, -0.05) is 0 Å². The van der Waals surface area contributed by atoms with Crippen LogP contribution in [0.1, 0.15) is 12.6 Å². The van der Waals surface area contributed by atoms with Crippen LogP contribution in [0.5, 0.6) is 0 Å². The second-order valence-electron chi connectivity index (χ2n) is 3.70. The summed E-state index contributed by atoms with van der Waals surface area (Å²) in [5.41, 5.74) is 6.74. The number of aliphatic imine (C=N–C) groups is 1. The molecule has 16 heavy (non-hydrogen) atoms. The van der Waals surface area contributed by atoms with Gasteiger partial charge in [0.15, 0.2) is 5.96 Å². The molecule has 0 aliphatic carbocycles. The van der Waals surface area contributed by atoms with Gasteiger partial charge in [-0.15, -0.1) is 0 Å². The van der Waals surface area contributed by atoms with E-state index in [0.717, 1.165) is 5.69 Å². The van der Waals surface area contributed by atoms with Gasteiger partial charge in [0.05, 0.1) is 31.4 Å². The van der Waals surface area contributed by atoms with Crippen molar-refractivity contribution in [3.8, 4) is 0 Å². The van der Waals surface area contributed by atoms with Crippen LogP contribution in [0.25, 0.3) is 0 Å². The Morgan fingerprint density at radius 2 is 2.50 bits per heavy atom. The van der Waals surface area contributed by atoms with Crippen molar-refractivity contribution >= 4 is 5.96 Å². The Labute approximate surface area is 95.5 Å². The third-order valence-corrected chi connectivity index (χ3v) is 2.14. The predicted molar refractivity (Wildman–Crippen MR) is 63.0 cm³/mol. The third kappa shape index (κ3) is 3.90. The van der Waals surface area contributed by atoms with E-state index in [0.29, 0.717) is 19.1 Å². The normalized spacial score (nSPS) is 13.8. The van der Waals surface area contributed by atoms with E-state index in [-0.39, 0.29) is 6.04 Å². The van der Waals surface area contributed by atoms with Crippen LogP contribution in [-0.2, 0) is 18.3 Å². The summed E-state index contributed by atoms with van der Waals surface area (Å²) < 4.78 is 6.90. The predicted octanol–water partition coefficient (Wildman–Crippen LogP) is -0.141. The van der Waals surface area contributed by atoms with Gasteiger partial charge in [-0.25, -0.2) is 9.98 Å². The molecule has 0 saturated carbocycles. The number of aryl methyl sites for hydroxylation is 1.